The summed E-state index contributed by atoms with van der Waals surface area (Å²) in [5.41, 5.74) is 1.64. The van der Waals surface area contributed by atoms with Gasteiger partial charge < -0.3 is 23.9 Å². The van der Waals surface area contributed by atoms with E-state index in [2.05, 4.69) is 4.90 Å². The normalized spacial score (nSPS) is 17.1. The number of nitrogens with zero attached hydrogens (tertiary/aromatic N) is 2. The number of amides is 1. The van der Waals surface area contributed by atoms with Gasteiger partial charge in [-0.2, -0.15) is 0 Å². The van der Waals surface area contributed by atoms with E-state index in [4.69, 9.17) is 19.0 Å². The molecule has 180 valence electrons. The number of aliphatic carboxylic acids is 1. The molecule has 1 aliphatic rings. The molecule has 8 nitrogen and oxygen atoms in total. The summed E-state index contributed by atoms with van der Waals surface area (Å²) in [5, 5.41) is 9.91. The quantitative estimate of drug-likeness (QED) is 0.490. The highest BCUT2D eigenvalue weighted by molar-refractivity contribution is 5.82. The Morgan fingerprint density at radius 2 is 2.03 bits per heavy atom. The van der Waals surface area contributed by atoms with Crippen molar-refractivity contribution in [3.8, 4) is 5.75 Å². The molecule has 0 bridgehead atoms. The standard InChI is InChI=1S/C26H30N2O6/c1-27(25(29)14-22-13-19-6-3-4-9-24(19)34-22)23(16-28-11-10-21(15-28)32-2)18-7-5-8-20(12-18)33-17-26(30)31/h3-9,12-13,21,23H,10-11,14-17H2,1-2H3,(H,30,31). The van der Waals surface area contributed by atoms with E-state index in [0.29, 0.717) is 18.1 Å². The second-order valence-corrected chi connectivity index (χ2v) is 8.61. The number of fused-ring (bicyclic) bond motifs is 1. The fourth-order valence-electron chi connectivity index (χ4n) is 4.38. The van der Waals surface area contributed by atoms with Crippen LogP contribution in [0.4, 0.5) is 0 Å². The molecule has 4 rings (SSSR count). The first-order valence-corrected chi connectivity index (χ1v) is 11.4. The molecule has 1 aliphatic heterocycles. The van der Waals surface area contributed by atoms with Gasteiger partial charge >= 0.3 is 5.97 Å². The first-order valence-electron chi connectivity index (χ1n) is 11.4. The monoisotopic (exact) mass is 466 g/mol. The average Bonchev–Trinajstić information content (AvgIpc) is 3.47. The Morgan fingerprint density at radius 1 is 1.21 bits per heavy atom. The summed E-state index contributed by atoms with van der Waals surface area (Å²) in [6, 6.07) is 16.6. The Balaban J connectivity index is 1.54. The zero-order valence-electron chi connectivity index (χ0n) is 19.5. The number of rotatable bonds is 10. The summed E-state index contributed by atoms with van der Waals surface area (Å²) in [4.78, 5) is 28.2. The first kappa shape index (κ1) is 23.8. The fourth-order valence-corrected chi connectivity index (χ4v) is 4.38. The molecule has 3 aromatic rings. The number of ether oxygens (including phenoxy) is 2. The third-order valence-corrected chi connectivity index (χ3v) is 6.26. The minimum atomic E-state index is -1.04. The topological polar surface area (TPSA) is 92.5 Å². The van der Waals surface area contributed by atoms with Gasteiger partial charge in [0.1, 0.15) is 17.1 Å². The number of carboxylic acids is 1. The number of furan rings is 1. The highest BCUT2D eigenvalue weighted by Crippen LogP contribution is 2.28. The van der Waals surface area contributed by atoms with E-state index in [-0.39, 0.29) is 24.5 Å². The maximum Gasteiger partial charge on any atom is 0.341 e. The van der Waals surface area contributed by atoms with E-state index >= 15 is 0 Å². The van der Waals surface area contributed by atoms with Crippen molar-refractivity contribution in [2.45, 2.75) is 25.0 Å². The Bertz CT molecular complexity index is 1110. The van der Waals surface area contributed by atoms with E-state index in [1.54, 1.807) is 25.1 Å². The molecular formula is C26H30N2O6. The van der Waals surface area contributed by atoms with E-state index in [9.17, 15) is 9.59 Å². The summed E-state index contributed by atoms with van der Waals surface area (Å²) in [6.07, 6.45) is 1.28. The van der Waals surface area contributed by atoms with Gasteiger partial charge in [-0.25, -0.2) is 4.79 Å². The van der Waals surface area contributed by atoms with Crippen molar-refractivity contribution in [3.05, 3.63) is 65.9 Å². The molecule has 0 spiro atoms. The fraction of sp³-hybridized carbons (Fsp3) is 0.385. The van der Waals surface area contributed by atoms with Crippen molar-refractivity contribution in [3.63, 3.8) is 0 Å². The van der Waals surface area contributed by atoms with Crippen molar-refractivity contribution in [2.24, 2.45) is 0 Å². The van der Waals surface area contributed by atoms with Gasteiger partial charge in [0.2, 0.25) is 5.91 Å². The molecule has 1 aromatic heterocycles. The third-order valence-electron chi connectivity index (χ3n) is 6.26. The number of hydrogen-bond donors (Lipinski definition) is 1. The maximum atomic E-state index is 13.3. The van der Waals surface area contributed by atoms with Gasteiger partial charge in [0.05, 0.1) is 18.6 Å². The Morgan fingerprint density at radius 3 is 2.76 bits per heavy atom. The number of likely N-dealkylation sites (N-methyl/N-ethyl adjacent to an activating group) is 1. The second kappa shape index (κ2) is 10.7. The number of benzene rings is 2. The lowest BCUT2D eigenvalue weighted by Crippen LogP contribution is -2.39. The predicted molar refractivity (Wildman–Crippen MR) is 127 cm³/mol. The zero-order valence-corrected chi connectivity index (χ0v) is 19.5. The molecule has 2 aromatic carbocycles. The molecule has 2 atom stereocenters. The van der Waals surface area contributed by atoms with Crippen LogP contribution in [0.5, 0.6) is 5.75 Å². The highest BCUT2D eigenvalue weighted by Gasteiger charge is 2.29. The van der Waals surface area contributed by atoms with Crippen LogP contribution in [0, 0.1) is 0 Å². The molecule has 1 N–H and O–H groups in total. The van der Waals surface area contributed by atoms with Crippen molar-refractivity contribution in [2.75, 3.05) is 40.4 Å². The molecule has 8 heteroatoms. The Labute approximate surface area is 198 Å². The zero-order chi connectivity index (χ0) is 24.1. The van der Waals surface area contributed by atoms with Crippen molar-refractivity contribution >= 4 is 22.8 Å². The number of hydrogen-bond acceptors (Lipinski definition) is 6. The van der Waals surface area contributed by atoms with Crippen LogP contribution >= 0.6 is 0 Å². The SMILES string of the molecule is COC1CCN(CC(c2cccc(OCC(=O)O)c2)N(C)C(=O)Cc2cc3ccccc3o2)C1. The molecule has 0 saturated carbocycles. The molecule has 2 heterocycles. The molecule has 34 heavy (non-hydrogen) atoms. The second-order valence-electron chi connectivity index (χ2n) is 8.61. The molecule has 1 saturated heterocycles. The smallest absolute Gasteiger partial charge is 0.341 e. The number of para-hydroxylation sites is 1. The molecule has 0 radical (unpaired) electrons. The number of carboxylic acid groups (broad SMARTS) is 1. The lowest BCUT2D eigenvalue weighted by atomic mass is 10.0. The Kier molecular flexibility index (Phi) is 7.49. The molecular weight excluding hydrogens is 436 g/mol. The van der Waals surface area contributed by atoms with E-state index in [0.717, 1.165) is 36.0 Å². The van der Waals surface area contributed by atoms with Crippen LogP contribution in [0.2, 0.25) is 0 Å². The van der Waals surface area contributed by atoms with Gasteiger partial charge in [0.25, 0.3) is 0 Å². The van der Waals surface area contributed by atoms with Gasteiger partial charge in [0.15, 0.2) is 6.61 Å². The summed E-state index contributed by atoms with van der Waals surface area (Å²) in [5.74, 6) is -0.0265. The van der Waals surface area contributed by atoms with Crippen molar-refractivity contribution in [1.29, 1.82) is 0 Å². The van der Waals surface area contributed by atoms with Crippen LogP contribution in [0.3, 0.4) is 0 Å². The number of methoxy groups -OCH3 is 1. The average molecular weight is 467 g/mol. The lowest BCUT2D eigenvalue weighted by molar-refractivity contribution is -0.139. The van der Waals surface area contributed by atoms with Gasteiger partial charge in [-0.1, -0.05) is 30.3 Å². The largest absolute Gasteiger partial charge is 0.482 e. The van der Waals surface area contributed by atoms with Crippen LogP contribution in [0.15, 0.2) is 59.0 Å². The minimum Gasteiger partial charge on any atom is -0.482 e. The first-order chi connectivity index (χ1) is 16.4. The van der Waals surface area contributed by atoms with Crippen LogP contribution < -0.4 is 4.74 Å². The third kappa shape index (κ3) is 5.76. The minimum absolute atomic E-state index is 0.0663. The van der Waals surface area contributed by atoms with E-state index in [1.165, 1.54) is 0 Å². The molecule has 2 unspecified atom stereocenters. The number of carbonyl (C=O) groups excluding carboxylic acids is 1. The van der Waals surface area contributed by atoms with Gasteiger partial charge in [-0.05, 0) is 36.2 Å². The van der Waals surface area contributed by atoms with Gasteiger partial charge in [-0.15, -0.1) is 0 Å². The highest BCUT2D eigenvalue weighted by atomic mass is 16.5. The van der Waals surface area contributed by atoms with Crippen LogP contribution in [0.1, 0.15) is 23.8 Å². The molecule has 0 aliphatic carbocycles. The van der Waals surface area contributed by atoms with Crippen molar-refractivity contribution < 1.29 is 28.6 Å². The Hall–Kier alpha value is -3.36. The number of carbonyl (C=O) groups is 2. The van der Waals surface area contributed by atoms with Crippen LogP contribution in [-0.4, -0.2) is 73.3 Å². The van der Waals surface area contributed by atoms with Crippen LogP contribution in [0.25, 0.3) is 11.0 Å². The van der Waals surface area contributed by atoms with Crippen molar-refractivity contribution in [1.82, 2.24) is 9.80 Å². The van der Waals surface area contributed by atoms with Crippen LogP contribution in [-0.2, 0) is 20.7 Å². The maximum absolute atomic E-state index is 13.3. The van der Waals surface area contributed by atoms with E-state index in [1.807, 2.05) is 48.5 Å². The van der Waals surface area contributed by atoms with Gasteiger partial charge in [0, 0.05) is 39.2 Å². The summed E-state index contributed by atoms with van der Waals surface area (Å²) < 4.78 is 16.7. The lowest BCUT2D eigenvalue weighted by Gasteiger charge is -2.32. The predicted octanol–water partition coefficient (Wildman–Crippen LogP) is 3.36. The number of likely N-dealkylation sites (tertiary alicyclic amines) is 1. The van der Waals surface area contributed by atoms with Gasteiger partial charge in [-0.3, -0.25) is 9.69 Å². The summed E-state index contributed by atoms with van der Waals surface area (Å²) in [6.45, 7) is 1.89. The summed E-state index contributed by atoms with van der Waals surface area (Å²) >= 11 is 0. The molecule has 1 fully saturated rings. The molecule has 1 amide bonds. The van der Waals surface area contributed by atoms with E-state index < -0.39 is 12.6 Å². The summed E-state index contributed by atoms with van der Waals surface area (Å²) in [7, 11) is 3.52.